The summed E-state index contributed by atoms with van der Waals surface area (Å²) in [6, 6.07) is 14.5. The number of fused-ring (bicyclic) bond motifs is 1. The summed E-state index contributed by atoms with van der Waals surface area (Å²) in [6.07, 6.45) is 4.01. The maximum atomic E-state index is 13.6. The molecule has 0 bridgehead atoms. The number of nitrogens with one attached hydrogen (secondary N) is 1. The average Bonchev–Trinajstić information content (AvgIpc) is 3.11. The van der Waals surface area contributed by atoms with Gasteiger partial charge in [0.2, 0.25) is 0 Å². The van der Waals surface area contributed by atoms with E-state index in [0.717, 1.165) is 18.7 Å². The summed E-state index contributed by atoms with van der Waals surface area (Å²) in [4.78, 5) is 22.9. The summed E-state index contributed by atoms with van der Waals surface area (Å²) < 4.78 is 13.6. The van der Waals surface area contributed by atoms with Crippen molar-refractivity contribution in [2.75, 3.05) is 11.4 Å². The Morgan fingerprint density at radius 1 is 1.08 bits per heavy atom. The lowest BCUT2D eigenvalue weighted by Crippen LogP contribution is -2.25. The molecule has 26 heavy (non-hydrogen) atoms. The molecule has 0 unspecified atom stereocenters. The van der Waals surface area contributed by atoms with Crippen LogP contribution >= 0.6 is 0 Å². The minimum Gasteiger partial charge on any atom is -0.346 e. The fraction of sp³-hybridized carbons (Fsp3) is 0.150. The topological polar surface area (TPSA) is 58.1 Å². The Morgan fingerprint density at radius 2 is 1.88 bits per heavy atom. The number of halogens is 1. The van der Waals surface area contributed by atoms with Crippen LogP contribution in [0.4, 0.5) is 15.9 Å². The van der Waals surface area contributed by atoms with Gasteiger partial charge in [0.1, 0.15) is 11.5 Å². The van der Waals surface area contributed by atoms with E-state index in [9.17, 15) is 9.18 Å². The number of amides is 1. The molecule has 1 N–H and O–H groups in total. The second-order valence-corrected chi connectivity index (χ2v) is 6.06. The van der Waals surface area contributed by atoms with E-state index in [0.29, 0.717) is 11.4 Å². The number of carbonyl (C=O) groups excluding carboxylic acids is 1. The van der Waals surface area contributed by atoms with Gasteiger partial charge in [0.05, 0.1) is 12.4 Å². The summed E-state index contributed by atoms with van der Waals surface area (Å²) in [5.74, 6) is -0.0170. The number of carbonyl (C=O) groups is 1. The molecule has 0 radical (unpaired) electrons. The standard InChI is InChI=1S/C20H17FN4O/c21-16-7-3-1-6-15(16)11-24-20(26)17-12-23-19(13-22-17)25-10-9-14-5-2-4-8-18(14)25/h1-8,12-13H,9-11H2,(H,24,26). The van der Waals surface area contributed by atoms with Crippen molar-refractivity contribution in [3.8, 4) is 0 Å². The summed E-state index contributed by atoms with van der Waals surface area (Å²) >= 11 is 0. The molecule has 1 amide bonds. The molecule has 1 aliphatic rings. The molecule has 0 saturated heterocycles. The molecule has 1 aromatic heterocycles. The normalized spacial score (nSPS) is 12.7. The number of nitrogens with zero attached hydrogens (tertiary/aromatic N) is 3. The summed E-state index contributed by atoms with van der Waals surface area (Å²) in [7, 11) is 0. The van der Waals surface area contributed by atoms with Gasteiger partial charge in [-0.05, 0) is 24.1 Å². The predicted octanol–water partition coefficient (Wildman–Crippen LogP) is 3.24. The Balaban J connectivity index is 1.45. The first kappa shape index (κ1) is 16.2. The minimum atomic E-state index is -0.380. The molecular weight excluding hydrogens is 331 g/mol. The quantitative estimate of drug-likeness (QED) is 0.786. The van der Waals surface area contributed by atoms with Crippen molar-refractivity contribution in [2.45, 2.75) is 13.0 Å². The third kappa shape index (κ3) is 3.13. The fourth-order valence-corrected chi connectivity index (χ4v) is 3.06. The first-order valence-electron chi connectivity index (χ1n) is 8.41. The fourth-order valence-electron chi connectivity index (χ4n) is 3.06. The van der Waals surface area contributed by atoms with Crippen molar-refractivity contribution in [1.82, 2.24) is 15.3 Å². The van der Waals surface area contributed by atoms with Crippen molar-refractivity contribution >= 4 is 17.4 Å². The lowest BCUT2D eigenvalue weighted by Gasteiger charge is -2.17. The molecule has 0 saturated carbocycles. The summed E-state index contributed by atoms with van der Waals surface area (Å²) in [5.41, 5.74) is 3.04. The zero-order valence-electron chi connectivity index (χ0n) is 14.0. The molecule has 2 heterocycles. The van der Waals surface area contributed by atoms with Crippen LogP contribution in [0, 0.1) is 5.82 Å². The van der Waals surface area contributed by atoms with Gasteiger partial charge in [-0.1, -0.05) is 36.4 Å². The van der Waals surface area contributed by atoms with Gasteiger partial charge in [-0.25, -0.2) is 14.4 Å². The largest absolute Gasteiger partial charge is 0.346 e. The first-order chi connectivity index (χ1) is 12.7. The molecule has 5 nitrogen and oxygen atoms in total. The van der Waals surface area contributed by atoms with Gasteiger partial charge < -0.3 is 10.2 Å². The van der Waals surface area contributed by atoms with E-state index in [4.69, 9.17) is 0 Å². The zero-order valence-corrected chi connectivity index (χ0v) is 14.0. The number of rotatable bonds is 4. The number of para-hydroxylation sites is 1. The van der Waals surface area contributed by atoms with Crippen molar-refractivity contribution < 1.29 is 9.18 Å². The van der Waals surface area contributed by atoms with E-state index in [1.165, 1.54) is 17.8 Å². The van der Waals surface area contributed by atoms with Crippen molar-refractivity contribution in [1.29, 1.82) is 0 Å². The summed E-state index contributed by atoms with van der Waals surface area (Å²) in [6.45, 7) is 0.946. The third-order valence-electron chi connectivity index (χ3n) is 4.43. The van der Waals surface area contributed by atoms with E-state index < -0.39 is 0 Å². The van der Waals surface area contributed by atoms with Crippen LogP contribution in [0.5, 0.6) is 0 Å². The van der Waals surface area contributed by atoms with Gasteiger partial charge in [-0.2, -0.15) is 0 Å². The van der Waals surface area contributed by atoms with Gasteiger partial charge in [0.25, 0.3) is 5.91 Å². The van der Waals surface area contributed by atoms with Crippen LogP contribution in [-0.2, 0) is 13.0 Å². The van der Waals surface area contributed by atoms with Crippen LogP contribution in [-0.4, -0.2) is 22.4 Å². The highest BCUT2D eigenvalue weighted by Gasteiger charge is 2.21. The SMILES string of the molecule is O=C(NCc1ccccc1F)c1cnc(N2CCc3ccccc32)cn1. The van der Waals surface area contributed by atoms with Crippen LogP contribution in [0.15, 0.2) is 60.9 Å². The van der Waals surface area contributed by atoms with E-state index in [2.05, 4.69) is 32.3 Å². The van der Waals surface area contributed by atoms with Gasteiger partial charge in [0, 0.05) is 24.3 Å². The Kier molecular flexibility index (Phi) is 4.31. The van der Waals surface area contributed by atoms with Gasteiger partial charge in [0.15, 0.2) is 5.82 Å². The lowest BCUT2D eigenvalue weighted by atomic mass is 10.2. The lowest BCUT2D eigenvalue weighted by molar-refractivity contribution is 0.0945. The minimum absolute atomic E-state index is 0.106. The number of benzene rings is 2. The number of hydrogen-bond donors (Lipinski definition) is 1. The monoisotopic (exact) mass is 348 g/mol. The highest BCUT2D eigenvalue weighted by atomic mass is 19.1. The molecule has 0 fully saturated rings. The molecule has 0 atom stereocenters. The Labute approximate surface area is 150 Å². The molecule has 130 valence electrons. The molecule has 6 heteroatoms. The zero-order chi connectivity index (χ0) is 17.9. The number of anilines is 2. The average molecular weight is 348 g/mol. The van der Waals surface area contributed by atoms with Gasteiger partial charge in [-0.15, -0.1) is 0 Å². The summed E-state index contributed by atoms with van der Waals surface area (Å²) in [5, 5.41) is 2.67. The Morgan fingerprint density at radius 3 is 2.69 bits per heavy atom. The number of hydrogen-bond acceptors (Lipinski definition) is 4. The highest BCUT2D eigenvalue weighted by Crippen LogP contribution is 2.32. The Hall–Kier alpha value is -3.28. The molecule has 4 rings (SSSR count). The molecular formula is C20H17FN4O. The molecule has 0 aliphatic carbocycles. The van der Waals surface area contributed by atoms with Crippen molar-refractivity contribution in [3.05, 3.63) is 83.6 Å². The van der Waals surface area contributed by atoms with Crippen LogP contribution in [0.2, 0.25) is 0 Å². The second kappa shape index (κ2) is 6.92. The maximum absolute atomic E-state index is 13.6. The molecule has 0 spiro atoms. The number of aromatic nitrogens is 2. The first-order valence-corrected chi connectivity index (χ1v) is 8.41. The van der Waals surface area contributed by atoms with E-state index in [-0.39, 0.29) is 24.0 Å². The second-order valence-electron chi connectivity index (χ2n) is 6.06. The smallest absolute Gasteiger partial charge is 0.271 e. The van der Waals surface area contributed by atoms with Crippen LogP contribution < -0.4 is 10.2 Å². The Bertz CT molecular complexity index is 943. The predicted molar refractivity (Wildman–Crippen MR) is 96.8 cm³/mol. The highest BCUT2D eigenvalue weighted by molar-refractivity contribution is 5.92. The van der Waals surface area contributed by atoms with Crippen LogP contribution in [0.1, 0.15) is 21.6 Å². The van der Waals surface area contributed by atoms with Gasteiger partial charge in [-0.3, -0.25) is 4.79 Å². The molecule has 2 aromatic carbocycles. The van der Waals surface area contributed by atoms with E-state index >= 15 is 0 Å². The third-order valence-corrected chi connectivity index (χ3v) is 4.43. The van der Waals surface area contributed by atoms with Crippen LogP contribution in [0.3, 0.4) is 0 Å². The molecule has 1 aliphatic heterocycles. The van der Waals surface area contributed by atoms with Crippen molar-refractivity contribution in [3.63, 3.8) is 0 Å². The van der Waals surface area contributed by atoms with Crippen molar-refractivity contribution in [2.24, 2.45) is 0 Å². The van der Waals surface area contributed by atoms with Gasteiger partial charge >= 0.3 is 0 Å². The molecule has 3 aromatic rings. The van der Waals surface area contributed by atoms with E-state index in [1.807, 2.05) is 12.1 Å². The maximum Gasteiger partial charge on any atom is 0.271 e. The van der Waals surface area contributed by atoms with Crippen LogP contribution in [0.25, 0.3) is 0 Å². The van der Waals surface area contributed by atoms with E-state index in [1.54, 1.807) is 24.4 Å².